The van der Waals surface area contributed by atoms with Gasteiger partial charge in [0, 0.05) is 52.5 Å². The highest BCUT2D eigenvalue weighted by molar-refractivity contribution is 5.98. The van der Waals surface area contributed by atoms with Gasteiger partial charge in [0.1, 0.15) is 11.5 Å². The zero-order chi connectivity index (χ0) is 23.0. The highest BCUT2D eigenvalue weighted by Gasteiger charge is 2.29. The number of benzene rings is 1. The molecular weight excluding hydrogens is 392 g/mol. The Balaban J connectivity index is 2.47. The molecule has 2 amide bonds. The Morgan fingerprint density at radius 3 is 2.65 bits per heavy atom. The summed E-state index contributed by atoms with van der Waals surface area (Å²) in [5, 5.41) is 3.54. The van der Waals surface area contributed by atoms with E-state index >= 15 is 0 Å². The SMILES string of the molecule is CCC(C)NCCN1CCCc2ccccc2N(/C(C(=O)N(C)C)=C(\N)N(C)C=O)C1. The highest BCUT2D eigenvalue weighted by atomic mass is 16.2. The van der Waals surface area contributed by atoms with E-state index in [4.69, 9.17) is 5.73 Å². The lowest BCUT2D eigenvalue weighted by molar-refractivity contribution is -0.125. The van der Waals surface area contributed by atoms with Crippen LogP contribution >= 0.6 is 0 Å². The Bertz CT molecular complexity index is 779. The smallest absolute Gasteiger partial charge is 0.273 e. The molecule has 0 saturated heterocycles. The zero-order valence-corrected chi connectivity index (χ0v) is 19.6. The number of carbonyl (C=O) groups is 2. The lowest BCUT2D eigenvalue weighted by atomic mass is 10.0. The van der Waals surface area contributed by atoms with E-state index < -0.39 is 0 Å². The molecule has 172 valence electrons. The fourth-order valence-electron chi connectivity index (χ4n) is 3.61. The molecule has 1 unspecified atom stereocenters. The molecule has 0 aliphatic carbocycles. The van der Waals surface area contributed by atoms with E-state index in [1.807, 2.05) is 23.1 Å². The molecule has 1 heterocycles. The number of para-hydroxylation sites is 1. The lowest BCUT2D eigenvalue weighted by Crippen LogP contribution is -2.48. The summed E-state index contributed by atoms with van der Waals surface area (Å²) < 4.78 is 0. The summed E-state index contributed by atoms with van der Waals surface area (Å²) in [5.41, 5.74) is 8.79. The standard InChI is InChI=1S/C23H38N6O2/c1-6-18(2)25-13-15-28-14-9-11-19-10-7-8-12-20(19)29(16-28)21(23(31)26(3)4)22(24)27(5)17-30/h7-8,10,12,17-18,25H,6,9,11,13-16,24H2,1-5H3/b22-21+. The third-order valence-corrected chi connectivity index (χ3v) is 5.74. The van der Waals surface area contributed by atoms with Gasteiger partial charge in [-0.3, -0.25) is 14.5 Å². The first-order valence-corrected chi connectivity index (χ1v) is 11.0. The summed E-state index contributed by atoms with van der Waals surface area (Å²) in [6.45, 7) is 7.51. The van der Waals surface area contributed by atoms with Crippen molar-refractivity contribution >= 4 is 18.0 Å². The Labute approximate surface area is 186 Å². The normalized spacial score (nSPS) is 16.5. The second kappa shape index (κ2) is 11.7. The second-order valence-corrected chi connectivity index (χ2v) is 8.33. The van der Waals surface area contributed by atoms with Crippen molar-refractivity contribution in [2.24, 2.45) is 5.73 Å². The van der Waals surface area contributed by atoms with E-state index in [0.717, 1.165) is 44.6 Å². The van der Waals surface area contributed by atoms with E-state index in [2.05, 4.69) is 30.1 Å². The number of aryl methyl sites for hydroxylation is 1. The van der Waals surface area contributed by atoms with E-state index in [9.17, 15) is 9.59 Å². The van der Waals surface area contributed by atoms with E-state index in [-0.39, 0.29) is 11.7 Å². The number of hydrogen-bond acceptors (Lipinski definition) is 6. The molecule has 1 aliphatic heterocycles. The lowest BCUT2D eigenvalue weighted by Gasteiger charge is -2.38. The van der Waals surface area contributed by atoms with Gasteiger partial charge in [-0.2, -0.15) is 0 Å². The number of nitrogens with one attached hydrogen (secondary N) is 1. The third kappa shape index (κ3) is 6.45. The van der Waals surface area contributed by atoms with Crippen molar-refractivity contribution in [1.82, 2.24) is 20.0 Å². The fraction of sp³-hybridized carbons (Fsp3) is 0.565. The minimum absolute atomic E-state index is 0.141. The molecule has 0 aromatic heterocycles. The summed E-state index contributed by atoms with van der Waals surface area (Å²) in [4.78, 5) is 31.7. The number of rotatable bonds is 9. The number of fused-ring (bicyclic) bond motifs is 1. The number of carbonyl (C=O) groups excluding carboxylic acids is 2. The molecule has 31 heavy (non-hydrogen) atoms. The van der Waals surface area contributed by atoms with Gasteiger partial charge in [0.05, 0.1) is 6.67 Å². The Hall–Kier alpha value is -2.58. The van der Waals surface area contributed by atoms with Gasteiger partial charge in [-0.05, 0) is 37.8 Å². The van der Waals surface area contributed by atoms with Crippen LogP contribution in [0.1, 0.15) is 32.3 Å². The first kappa shape index (κ1) is 24.7. The summed E-state index contributed by atoms with van der Waals surface area (Å²) in [5.74, 6) is -0.0963. The van der Waals surface area contributed by atoms with Crippen LogP contribution in [0.5, 0.6) is 0 Å². The van der Waals surface area contributed by atoms with Crippen molar-refractivity contribution in [3.63, 3.8) is 0 Å². The van der Waals surface area contributed by atoms with Gasteiger partial charge in [0.15, 0.2) is 0 Å². The molecule has 0 fully saturated rings. The number of nitrogens with zero attached hydrogens (tertiary/aromatic N) is 4. The van der Waals surface area contributed by atoms with Gasteiger partial charge >= 0.3 is 0 Å². The first-order chi connectivity index (χ1) is 14.8. The van der Waals surface area contributed by atoms with Crippen LogP contribution in [0.25, 0.3) is 0 Å². The number of anilines is 1. The fourth-order valence-corrected chi connectivity index (χ4v) is 3.61. The molecular formula is C23H38N6O2. The molecule has 8 heteroatoms. The molecule has 1 atom stereocenters. The minimum Gasteiger partial charge on any atom is -0.383 e. The van der Waals surface area contributed by atoms with Crippen LogP contribution in [-0.2, 0) is 16.0 Å². The van der Waals surface area contributed by atoms with E-state index in [0.29, 0.717) is 24.8 Å². The largest absolute Gasteiger partial charge is 0.383 e. The highest BCUT2D eigenvalue weighted by Crippen LogP contribution is 2.29. The molecule has 0 bridgehead atoms. The topological polar surface area (TPSA) is 85.2 Å². The summed E-state index contributed by atoms with van der Waals surface area (Å²) in [6.07, 6.45) is 3.66. The average Bonchev–Trinajstić information content (AvgIpc) is 2.75. The molecule has 0 spiro atoms. The van der Waals surface area contributed by atoms with Crippen LogP contribution in [0.2, 0.25) is 0 Å². The van der Waals surface area contributed by atoms with Crippen molar-refractivity contribution in [3.8, 4) is 0 Å². The predicted molar refractivity (Wildman–Crippen MR) is 125 cm³/mol. The summed E-state index contributed by atoms with van der Waals surface area (Å²) in [6, 6.07) is 8.58. The van der Waals surface area contributed by atoms with Gasteiger partial charge in [-0.1, -0.05) is 25.1 Å². The van der Waals surface area contributed by atoms with E-state index in [1.54, 1.807) is 21.1 Å². The molecule has 0 saturated carbocycles. The van der Waals surface area contributed by atoms with Gasteiger partial charge in [-0.15, -0.1) is 0 Å². The number of nitrogens with two attached hydrogens (primary N) is 1. The van der Waals surface area contributed by atoms with Crippen LogP contribution in [-0.4, -0.2) is 80.5 Å². The molecule has 3 N–H and O–H groups in total. The maximum atomic E-state index is 13.2. The Kier molecular flexibility index (Phi) is 9.33. The van der Waals surface area contributed by atoms with Crippen LogP contribution in [0.3, 0.4) is 0 Å². The molecule has 1 aromatic carbocycles. The number of hydrogen-bond donors (Lipinski definition) is 2. The van der Waals surface area contributed by atoms with E-state index in [1.165, 1.54) is 15.4 Å². The molecule has 0 radical (unpaired) electrons. The maximum absolute atomic E-state index is 13.2. The first-order valence-electron chi connectivity index (χ1n) is 11.0. The van der Waals surface area contributed by atoms with Crippen LogP contribution in [0.15, 0.2) is 35.8 Å². The Morgan fingerprint density at radius 2 is 2.00 bits per heavy atom. The van der Waals surface area contributed by atoms with Gasteiger partial charge in [-0.25, -0.2) is 0 Å². The second-order valence-electron chi connectivity index (χ2n) is 8.33. The summed E-state index contributed by atoms with van der Waals surface area (Å²) >= 11 is 0. The molecule has 1 aromatic rings. The third-order valence-electron chi connectivity index (χ3n) is 5.74. The molecule has 2 rings (SSSR count). The van der Waals surface area contributed by atoms with Crippen molar-refractivity contribution in [2.75, 3.05) is 52.3 Å². The van der Waals surface area contributed by atoms with Gasteiger partial charge in [0.25, 0.3) is 5.91 Å². The van der Waals surface area contributed by atoms with Crippen LogP contribution < -0.4 is 16.0 Å². The van der Waals surface area contributed by atoms with Gasteiger partial charge in [0.2, 0.25) is 6.41 Å². The van der Waals surface area contributed by atoms with Crippen molar-refractivity contribution < 1.29 is 9.59 Å². The monoisotopic (exact) mass is 430 g/mol. The van der Waals surface area contributed by atoms with Crippen molar-refractivity contribution in [3.05, 3.63) is 41.3 Å². The van der Waals surface area contributed by atoms with Crippen molar-refractivity contribution in [2.45, 2.75) is 39.2 Å². The summed E-state index contributed by atoms with van der Waals surface area (Å²) in [7, 11) is 4.95. The zero-order valence-electron chi connectivity index (χ0n) is 19.6. The number of likely N-dealkylation sites (N-methyl/N-ethyl adjacent to an activating group) is 1. The predicted octanol–water partition coefficient (Wildman–Crippen LogP) is 1.39. The molecule has 1 aliphatic rings. The van der Waals surface area contributed by atoms with Gasteiger partial charge < -0.3 is 25.8 Å². The number of amides is 2. The Morgan fingerprint density at radius 1 is 1.29 bits per heavy atom. The average molecular weight is 431 g/mol. The van der Waals surface area contributed by atoms with Crippen molar-refractivity contribution in [1.29, 1.82) is 0 Å². The minimum atomic E-state index is -0.237. The quantitative estimate of drug-likeness (QED) is 0.455. The molecule has 8 nitrogen and oxygen atoms in total. The van der Waals surface area contributed by atoms with Crippen LogP contribution in [0, 0.1) is 0 Å². The maximum Gasteiger partial charge on any atom is 0.273 e. The van der Waals surface area contributed by atoms with Crippen LogP contribution in [0.4, 0.5) is 5.69 Å².